The number of hydrogen-bond donors (Lipinski definition) is 1. The third kappa shape index (κ3) is 4.06. The molecule has 0 unspecified atom stereocenters. The molecule has 1 saturated carbocycles. The molecule has 1 N–H and O–H groups in total. The minimum Gasteiger partial charge on any atom is -0.465 e. The number of aliphatic hydroxyl groups excluding tert-OH is 1. The number of carbonyl (C=O) groups is 1. The van der Waals surface area contributed by atoms with Gasteiger partial charge in [-0.05, 0) is 24.3 Å². The van der Waals surface area contributed by atoms with E-state index in [0.717, 1.165) is 24.8 Å². The molecule has 3 nitrogen and oxygen atoms in total. The van der Waals surface area contributed by atoms with Crippen molar-refractivity contribution in [2.24, 2.45) is 5.92 Å². The Kier molecular flexibility index (Phi) is 4.97. The Bertz CT molecular complexity index is 402. The van der Waals surface area contributed by atoms with E-state index in [0.29, 0.717) is 13.0 Å². The van der Waals surface area contributed by atoms with Gasteiger partial charge in [0, 0.05) is 5.92 Å². The number of carbonyl (C=O) groups excluding carboxylic acids is 1. The van der Waals surface area contributed by atoms with Crippen molar-refractivity contribution in [3.05, 3.63) is 35.9 Å². The predicted molar refractivity (Wildman–Crippen MR) is 73.8 cm³/mol. The Morgan fingerprint density at radius 1 is 1.37 bits per heavy atom. The lowest BCUT2D eigenvalue weighted by molar-refractivity contribution is -0.146. The summed E-state index contributed by atoms with van der Waals surface area (Å²) >= 11 is 0. The first-order chi connectivity index (χ1) is 9.16. The van der Waals surface area contributed by atoms with E-state index < -0.39 is 0 Å². The summed E-state index contributed by atoms with van der Waals surface area (Å²) in [5.74, 6) is 0.133. The largest absolute Gasteiger partial charge is 0.465 e. The number of aliphatic hydroxyl groups is 1. The molecule has 0 spiro atoms. The first-order valence-electron chi connectivity index (χ1n) is 7.05. The Labute approximate surface area is 114 Å². The van der Waals surface area contributed by atoms with E-state index in [4.69, 9.17) is 4.74 Å². The SMILES string of the molecule is C[C@H](CC(=O)OC[C@H]1CCC[C@H]1O)c1ccccc1. The molecule has 0 aliphatic heterocycles. The van der Waals surface area contributed by atoms with Crippen LogP contribution in [0.25, 0.3) is 0 Å². The fraction of sp³-hybridized carbons (Fsp3) is 0.562. The van der Waals surface area contributed by atoms with Gasteiger partial charge >= 0.3 is 5.97 Å². The highest BCUT2D eigenvalue weighted by Crippen LogP contribution is 2.26. The van der Waals surface area contributed by atoms with Gasteiger partial charge in [0.25, 0.3) is 0 Å². The number of benzene rings is 1. The molecule has 1 aliphatic rings. The van der Waals surface area contributed by atoms with Crippen LogP contribution in [0.1, 0.15) is 44.1 Å². The van der Waals surface area contributed by atoms with Crippen molar-refractivity contribution in [1.29, 1.82) is 0 Å². The predicted octanol–water partition coefficient (Wildman–Crippen LogP) is 2.88. The zero-order chi connectivity index (χ0) is 13.7. The van der Waals surface area contributed by atoms with E-state index in [-0.39, 0.29) is 23.9 Å². The monoisotopic (exact) mass is 262 g/mol. The fourth-order valence-electron chi connectivity index (χ4n) is 2.62. The number of esters is 1. The zero-order valence-electron chi connectivity index (χ0n) is 11.4. The summed E-state index contributed by atoms with van der Waals surface area (Å²) in [7, 11) is 0. The molecule has 19 heavy (non-hydrogen) atoms. The zero-order valence-corrected chi connectivity index (χ0v) is 11.4. The quantitative estimate of drug-likeness (QED) is 0.830. The average molecular weight is 262 g/mol. The van der Waals surface area contributed by atoms with Gasteiger partial charge < -0.3 is 9.84 Å². The number of rotatable bonds is 5. The molecule has 0 saturated heterocycles. The van der Waals surface area contributed by atoms with E-state index >= 15 is 0 Å². The van der Waals surface area contributed by atoms with Crippen LogP contribution in [-0.4, -0.2) is 23.8 Å². The van der Waals surface area contributed by atoms with E-state index in [9.17, 15) is 9.90 Å². The normalized spacial score (nSPS) is 24.1. The number of hydrogen-bond acceptors (Lipinski definition) is 3. The van der Waals surface area contributed by atoms with E-state index in [1.54, 1.807) is 0 Å². The van der Waals surface area contributed by atoms with E-state index in [1.165, 1.54) is 0 Å². The van der Waals surface area contributed by atoms with Gasteiger partial charge in [0.15, 0.2) is 0 Å². The van der Waals surface area contributed by atoms with Gasteiger partial charge in [-0.1, -0.05) is 43.7 Å². The Morgan fingerprint density at radius 2 is 2.11 bits per heavy atom. The van der Waals surface area contributed by atoms with Crippen molar-refractivity contribution in [1.82, 2.24) is 0 Å². The van der Waals surface area contributed by atoms with Crippen LogP contribution in [0, 0.1) is 5.92 Å². The molecule has 3 heteroatoms. The molecular weight excluding hydrogens is 240 g/mol. The summed E-state index contributed by atoms with van der Waals surface area (Å²) in [6, 6.07) is 9.98. The van der Waals surface area contributed by atoms with Gasteiger partial charge in [0.05, 0.1) is 19.1 Å². The molecule has 2 rings (SSSR count). The minimum absolute atomic E-state index is 0.135. The lowest BCUT2D eigenvalue weighted by Gasteiger charge is -2.16. The Balaban J connectivity index is 1.75. The molecule has 0 radical (unpaired) electrons. The maximum absolute atomic E-state index is 11.8. The Morgan fingerprint density at radius 3 is 2.74 bits per heavy atom. The van der Waals surface area contributed by atoms with Gasteiger partial charge in [-0.25, -0.2) is 0 Å². The third-order valence-electron chi connectivity index (χ3n) is 3.92. The maximum atomic E-state index is 11.8. The molecule has 0 aromatic heterocycles. The second-order valence-electron chi connectivity index (χ2n) is 5.46. The lowest BCUT2D eigenvalue weighted by atomic mass is 9.98. The van der Waals surface area contributed by atoms with Gasteiger partial charge in [-0.3, -0.25) is 4.79 Å². The molecular formula is C16H22O3. The van der Waals surface area contributed by atoms with Crippen LogP contribution >= 0.6 is 0 Å². The van der Waals surface area contributed by atoms with Crippen LogP contribution in [0.3, 0.4) is 0 Å². The van der Waals surface area contributed by atoms with Crippen molar-refractivity contribution < 1.29 is 14.6 Å². The van der Waals surface area contributed by atoms with Crippen molar-refractivity contribution in [3.8, 4) is 0 Å². The van der Waals surface area contributed by atoms with E-state index in [1.807, 2.05) is 37.3 Å². The minimum atomic E-state index is -0.292. The molecule has 1 fully saturated rings. The van der Waals surface area contributed by atoms with Crippen molar-refractivity contribution in [2.75, 3.05) is 6.61 Å². The lowest BCUT2D eigenvalue weighted by Crippen LogP contribution is -2.21. The molecule has 0 heterocycles. The van der Waals surface area contributed by atoms with Crippen molar-refractivity contribution in [3.63, 3.8) is 0 Å². The highest BCUT2D eigenvalue weighted by Gasteiger charge is 2.26. The molecule has 3 atom stereocenters. The summed E-state index contributed by atoms with van der Waals surface area (Å²) in [5, 5.41) is 9.67. The molecule has 1 aromatic rings. The van der Waals surface area contributed by atoms with Crippen LogP contribution in [0.15, 0.2) is 30.3 Å². The summed E-state index contributed by atoms with van der Waals surface area (Å²) in [6.07, 6.45) is 2.93. The molecule has 0 amide bonds. The van der Waals surface area contributed by atoms with Crippen LogP contribution < -0.4 is 0 Å². The number of ether oxygens (including phenoxy) is 1. The van der Waals surface area contributed by atoms with E-state index in [2.05, 4.69) is 0 Å². The van der Waals surface area contributed by atoms with Gasteiger partial charge in [0.2, 0.25) is 0 Å². The highest BCUT2D eigenvalue weighted by atomic mass is 16.5. The summed E-state index contributed by atoms with van der Waals surface area (Å²) in [6.45, 7) is 2.39. The van der Waals surface area contributed by atoms with Crippen LogP contribution in [0.5, 0.6) is 0 Å². The topological polar surface area (TPSA) is 46.5 Å². The second kappa shape index (κ2) is 6.71. The van der Waals surface area contributed by atoms with Gasteiger partial charge in [-0.15, -0.1) is 0 Å². The van der Waals surface area contributed by atoms with Crippen molar-refractivity contribution in [2.45, 2.75) is 44.6 Å². The maximum Gasteiger partial charge on any atom is 0.306 e. The summed E-state index contributed by atoms with van der Waals surface area (Å²) in [4.78, 5) is 11.8. The first kappa shape index (κ1) is 14.1. The standard InChI is InChI=1S/C16H22O3/c1-12(13-6-3-2-4-7-13)10-16(18)19-11-14-8-5-9-15(14)17/h2-4,6-7,12,14-15,17H,5,8-11H2,1H3/t12-,14-,15-/m1/s1. The van der Waals surface area contributed by atoms with Gasteiger partial charge in [0.1, 0.15) is 0 Å². The second-order valence-corrected chi connectivity index (χ2v) is 5.46. The first-order valence-corrected chi connectivity index (χ1v) is 7.05. The molecule has 104 valence electrons. The smallest absolute Gasteiger partial charge is 0.306 e. The fourth-order valence-corrected chi connectivity index (χ4v) is 2.62. The molecule has 1 aromatic carbocycles. The van der Waals surface area contributed by atoms with Crippen molar-refractivity contribution >= 4 is 5.97 Å². The third-order valence-corrected chi connectivity index (χ3v) is 3.92. The van der Waals surface area contributed by atoms with Gasteiger partial charge in [-0.2, -0.15) is 0 Å². The Hall–Kier alpha value is -1.35. The summed E-state index contributed by atoms with van der Waals surface area (Å²) < 4.78 is 5.29. The highest BCUT2D eigenvalue weighted by molar-refractivity contribution is 5.70. The van der Waals surface area contributed by atoms with Crippen LogP contribution in [0.4, 0.5) is 0 Å². The van der Waals surface area contributed by atoms with Crippen LogP contribution in [0.2, 0.25) is 0 Å². The van der Waals surface area contributed by atoms with Crippen LogP contribution in [-0.2, 0) is 9.53 Å². The molecule has 0 bridgehead atoms. The molecule has 1 aliphatic carbocycles. The summed E-state index contributed by atoms with van der Waals surface area (Å²) in [5.41, 5.74) is 1.15. The average Bonchev–Trinajstić information content (AvgIpc) is 2.83.